The van der Waals surface area contributed by atoms with E-state index >= 15 is 0 Å². The molecule has 1 saturated heterocycles. The number of halogens is 2. The second kappa shape index (κ2) is 2.64. The highest BCUT2D eigenvalue weighted by Gasteiger charge is 2.61. The summed E-state index contributed by atoms with van der Waals surface area (Å²) < 4.78 is 30.6. The molecular formula is C9H16F2O2. The van der Waals surface area contributed by atoms with Gasteiger partial charge in [-0.15, -0.1) is 0 Å². The number of rotatable bonds is 1. The number of alkyl halides is 2. The molecule has 0 bridgehead atoms. The van der Waals surface area contributed by atoms with Crippen LogP contribution in [-0.4, -0.2) is 28.3 Å². The van der Waals surface area contributed by atoms with Crippen molar-refractivity contribution in [3.63, 3.8) is 0 Å². The van der Waals surface area contributed by atoms with Crippen LogP contribution in [-0.2, 0) is 4.74 Å². The molecule has 1 rings (SSSR count). The van der Waals surface area contributed by atoms with E-state index < -0.39 is 23.2 Å². The van der Waals surface area contributed by atoms with Crippen molar-refractivity contribution in [3.05, 3.63) is 0 Å². The molecule has 0 aromatic rings. The Balaban J connectivity index is 3.00. The van der Waals surface area contributed by atoms with Crippen LogP contribution in [0.1, 0.15) is 34.1 Å². The van der Waals surface area contributed by atoms with Gasteiger partial charge >= 0.3 is 0 Å². The zero-order chi connectivity index (χ0) is 10.5. The second-order valence-corrected chi connectivity index (χ2v) is 4.77. The lowest BCUT2D eigenvalue weighted by molar-refractivity contribution is -0.178. The highest BCUT2D eigenvalue weighted by Crippen LogP contribution is 2.47. The molecule has 1 aliphatic heterocycles. The molecule has 4 heteroatoms. The van der Waals surface area contributed by atoms with Crippen LogP contribution in [0, 0.1) is 0 Å². The van der Waals surface area contributed by atoms with Gasteiger partial charge in [-0.25, -0.2) is 8.78 Å². The molecule has 1 unspecified atom stereocenters. The summed E-state index contributed by atoms with van der Waals surface area (Å²) in [5.41, 5.74) is -3.91. The molecule has 78 valence electrons. The lowest BCUT2D eigenvalue weighted by atomic mass is 9.83. The first-order valence-electron chi connectivity index (χ1n) is 4.31. The van der Waals surface area contributed by atoms with E-state index in [-0.39, 0.29) is 6.42 Å². The molecule has 13 heavy (non-hydrogen) atoms. The van der Waals surface area contributed by atoms with Gasteiger partial charge in [0, 0.05) is 6.42 Å². The molecule has 0 aromatic carbocycles. The van der Waals surface area contributed by atoms with Crippen molar-refractivity contribution in [2.45, 2.75) is 57.3 Å². The average Bonchev–Trinajstić information content (AvgIpc) is 1.97. The SMILES string of the molecule is CC1(C)CC(O)(C(F)F)C(C)(C)O1. The van der Waals surface area contributed by atoms with E-state index in [0.29, 0.717) is 0 Å². The Hall–Kier alpha value is -0.220. The fourth-order valence-electron chi connectivity index (χ4n) is 2.02. The quantitative estimate of drug-likeness (QED) is 0.691. The molecule has 1 heterocycles. The lowest BCUT2D eigenvalue weighted by Gasteiger charge is -2.33. The molecule has 2 nitrogen and oxygen atoms in total. The summed E-state index contributed by atoms with van der Waals surface area (Å²) in [5.74, 6) is 0. The maximum atomic E-state index is 12.6. The van der Waals surface area contributed by atoms with Crippen LogP contribution in [0.15, 0.2) is 0 Å². The van der Waals surface area contributed by atoms with Crippen LogP contribution in [0.3, 0.4) is 0 Å². The molecule has 0 amide bonds. The molecule has 1 aliphatic rings. The summed E-state index contributed by atoms with van der Waals surface area (Å²) in [6.07, 6.45) is -2.81. The topological polar surface area (TPSA) is 29.5 Å². The molecule has 0 radical (unpaired) electrons. The van der Waals surface area contributed by atoms with E-state index in [1.165, 1.54) is 13.8 Å². The number of hydrogen-bond donors (Lipinski definition) is 1. The van der Waals surface area contributed by atoms with Crippen molar-refractivity contribution in [2.75, 3.05) is 0 Å². The van der Waals surface area contributed by atoms with Crippen molar-refractivity contribution in [3.8, 4) is 0 Å². The van der Waals surface area contributed by atoms with E-state index in [4.69, 9.17) is 4.74 Å². The van der Waals surface area contributed by atoms with E-state index in [9.17, 15) is 13.9 Å². The number of ether oxygens (including phenoxy) is 1. The smallest absolute Gasteiger partial charge is 0.269 e. The van der Waals surface area contributed by atoms with Gasteiger partial charge in [0.1, 0.15) is 0 Å². The fourth-order valence-corrected chi connectivity index (χ4v) is 2.02. The van der Waals surface area contributed by atoms with E-state index in [1.807, 2.05) is 0 Å². The summed E-state index contributed by atoms with van der Waals surface area (Å²) in [6, 6.07) is 0. The van der Waals surface area contributed by atoms with Crippen LogP contribution >= 0.6 is 0 Å². The predicted molar refractivity (Wildman–Crippen MR) is 44.8 cm³/mol. The second-order valence-electron chi connectivity index (χ2n) is 4.77. The highest BCUT2D eigenvalue weighted by atomic mass is 19.3. The fraction of sp³-hybridized carbons (Fsp3) is 1.00. The van der Waals surface area contributed by atoms with Gasteiger partial charge < -0.3 is 9.84 Å². The first kappa shape index (κ1) is 10.9. The number of aliphatic hydroxyl groups is 1. The Labute approximate surface area is 76.9 Å². The molecule has 0 aromatic heterocycles. The van der Waals surface area contributed by atoms with Gasteiger partial charge in [0.05, 0.1) is 11.2 Å². The van der Waals surface area contributed by atoms with Crippen LogP contribution < -0.4 is 0 Å². The van der Waals surface area contributed by atoms with Crippen molar-refractivity contribution in [1.82, 2.24) is 0 Å². The van der Waals surface area contributed by atoms with E-state index in [0.717, 1.165) is 0 Å². The molecule has 1 N–H and O–H groups in total. The normalized spacial score (nSPS) is 36.9. The largest absolute Gasteiger partial charge is 0.381 e. The number of hydrogen-bond acceptors (Lipinski definition) is 2. The third-order valence-corrected chi connectivity index (χ3v) is 2.63. The van der Waals surface area contributed by atoms with Gasteiger partial charge in [-0.3, -0.25) is 0 Å². The molecule has 0 aliphatic carbocycles. The molecule has 0 spiro atoms. The van der Waals surface area contributed by atoms with Gasteiger partial charge in [-0.05, 0) is 27.7 Å². The van der Waals surface area contributed by atoms with Crippen molar-refractivity contribution in [1.29, 1.82) is 0 Å². The molecule has 1 atom stereocenters. The molecule has 0 saturated carbocycles. The Morgan fingerprint density at radius 1 is 1.23 bits per heavy atom. The third-order valence-electron chi connectivity index (χ3n) is 2.63. The maximum absolute atomic E-state index is 12.6. The maximum Gasteiger partial charge on any atom is 0.269 e. The van der Waals surface area contributed by atoms with Gasteiger partial charge in [0.2, 0.25) is 0 Å². The Bertz CT molecular complexity index is 214. The van der Waals surface area contributed by atoms with Crippen molar-refractivity contribution < 1.29 is 18.6 Å². The average molecular weight is 194 g/mol. The van der Waals surface area contributed by atoms with Gasteiger partial charge in [-0.1, -0.05) is 0 Å². The standard InChI is InChI=1S/C9H16F2O2/c1-7(2)5-9(12,6(10)11)8(3,4)13-7/h6,12H,5H2,1-4H3. The predicted octanol–water partition coefficient (Wildman–Crippen LogP) is 1.96. The van der Waals surface area contributed by atoms with Crippen molar-refractivity contribution in [2.24, 2.45) is 0 Å². The summed E-state index contributed by atoms with van der Waals surface area (Å²) in [4.78, 5) is 0. The van der Waals surface area contributed by atoms with Crippen molar-refractivity contribution >= 4 is 0 Å². The third kappa shape index (κ3) is 1.57. The minimum Gasteiger partial charge on any atom is -0.381 e. The zero-order valence-electron chi connectivity index (χ0n) is 8.40. The first-order valence-corrected chi connectivity index (χ1v) is 4.31. The van der Waals surface area contributed by atoms with Crippen LogP contribution in [0.2, 0.25) is 0 Å². The van der Waals surface area contributed by atoms with Gasteiger partial charge in [0.25, 0.3) is 6.43 Å². The Kier molecular flexibility index (Phi) is 2.20. The van der Waals surface area contributed by atoms with Crippen LogP contribution in [0.4, 0.5) is 8.78 Å². The minimum absolute atomic E-state index is 0.0370. The van der Waals surface area contributed by atoms with Gasteiger partial charge in [-0.2, -0.15) is 0 Å². The monoisotopic (exact) mass is 194 g/mol. The van der Waals surface area contributed by atoms with Gasteiger partial charge in [0.15, 0.2) is 5.60 Å². The van der Waals surface area contributed by atoms with Crippen LogP contribution in [0.5, 0.6) is 0 Å². The Morgan fingerprint density at radius 2 is 1.69 bits per heavy atom. The lowest BCUT2D eigenvalue weighted by Crippen LogP contribution is -2.51. The molecular weight excluding hydrogens is 178 g/mol. The van der Waals surface area contributed by atoms with E-state index in [2.05, 4.69) is 0 Å². The minimum atomic E-state index is -2.77. The Morgan fingerprint density at radius 3 is 1.85 bits per heavy atom. The summed E-state index contributed by atoms with van der Waals surface area (Å²) in [7, 11) is 0. The highest BCUT2D eigenvalue weighted by molar-refractivity contribution is 5.07. The summed E-state index contributed by atoms with van der Waals surface area (Å²) in [5, 5.41) is 9.76. The zero-order valence-corrected chi connectivity index (χ0v) is 8.40. The first-order chi connectivity index (χ1) is 5.61. The summed E-state index contributed by atoms with van der Waals surface area (Å²) in [6.45, 7) is 6.39. The summed E-state index contributed by atoms with van der Waals surface area (Å²) >= 11 is 0. The molecule has 1 fully saturated rings. The van der Waals surface area contributed by atoms with Crippen LogP contribution in [0.25, 0.3) is 0 Å². The van der Waals surface area contributed by atoms with E-state index in [1.54, 1.807) is 13.8 Å².